The van der Waals surface area contributed by atoms with E-state index >= 15 is 0 Å². The van der Waals surface area contributed by atoms with Crippen molar-refractivity contribution in [3.63, 3.8) is 0 Å². The molecule has 0 radical (unpaired) electrons. The van der Waals surface area contributed by atoms with Gasteiger partial charge in [-0.2, -0.15) is 0 Å². The van der Waals surface area contributed by atoms with E-state index in [9.17, 15) is 19.5 Å². The van der Waals surface area contributed by atoms with E-state index in [2.05, 4.69) is 62.5 Å². The molecule has 0 aliphatic rings. The molecule has 0 aliphatic carbocycles. The molecule has 0 spiro atoms. The quantitative estimate of drug-likeness (QED) is 0.0262. The van der Waals surface area contributed by atoms with Crippen LogP contribution in [0.3, 0.4) is 0 Å². The molecule has 8 nitrogen and oxygen atoms in total. The number of unbranched alkanes of at least 4 members (excludes halogenated alkanes) is 19. The Hall–Kier alpha value is -2.71. The van der Waals surface area contributed by atoms with E-state index in [0.717, 1.165) is 77.0 Å². The summed E-state index contributed by atoms with van der Waals surface area (Å²) in [5.41, 5.74) is 0. The number of carbonyl (C=O) groups is 3. The average molecular weight is 802 g/mol. The summed E-state index contributed by atoms with van der Waals surface area (Å²) in [7, 11) is 5.40. The number of ether oxygens (including phenoxy) is 3. The first-order chi connectivity index (χ1) is 27.6. The molecule has 0 rings (SSSR count). The topological polar surface area (TPSA) is 102 Å². The van der Waals surface area contributed by atoms with Crippen LogP contribution in [0.4, 0.5) is 0 Å². The van der Waals surface area contributed by atoms with Crippen molar-refractivity contribution in [3.05, 3.63) is 48.6 Å². The molecule has 0 heterocycles. The van der Waals surface area contributed by atoms with E-state index < -0.39 is 18.1 Å². The van der Waals surface area contributed by atoms with Crippen LogP contribution in [-0.2, 0) is 28.6 Å². The van der Waals surface area contributed by atoms with Crippen LogP contribution in [0, 0.1) is 0 Å². The number of quaternary nitrogens is 1. The number of nitrogens with zero attached hydrogens (tertiary/aromatic N) is 1. The number of rotatable bonds is 41. The SMILES string of the molecule is CCCCC/C=C\C/C=C\C/C=C\CCCCCCCCC(=O)OC(COCCC(C(=O)[O-])[N+](C)(C)C)COC(=O)CCCCCCC/C=C\CCCCCCC. The van der Waals surface area contributed by atoms with Crippen LogP contribution in [0.5, 0.6) is 0 Å². The maximum atomic E-state index is 12.7. The van der Waals surface area contributed by atoms with Crippen LogP contribution in [0.25, 0.3) is 0 Å². The Bertz CT molecular complexity index is 1070. The molecule has 330 valence electrons. The minimum Gasteiger partial charge on any atom is -0.544 e. The molecular weight excluding hydrogens is 715 g/mol. The van der Waals surface area contributed by atoms with Crippen LogP contribution in [-0.4, -0.2) is 75.5 Å². The first-order valence-electron chi connectivity index (χ1n) is 23.2. The van der Waals surface area contributed by atoms with E-state index in [-0.39, 0.29) is 42.7 Å². The highest BCUT2D eigenvalue weighted by atomic mass is 16.6. The summed E-state index contributed by atoms with van der Waals surface area (Å²) in [6.07, 6.45) is 47.0. The van der Waals surface area contributed by atoms with Crippen molar-refractivity contribution >= 4 is 17.9 Å². The molecule has 8 heteroatoms. The number of allylic oxidation sites excluding steroid dienone is 8. The van der Waals surface area contributed by atoms with Crippen LogP contribution in [0.1, 0.15) is 194 Å². The summed E-state index contributed by atoms with van der Waals surface area (Å²) < 4.78 is 17.2. The number of hydrogen-bond acceptors (Lipinski definition) is 7. The lowest BCUT2D eigenvalue weighted by atomic mass is 10.1. The highest BCUT2D eigenvalue weighted by molar-refractivity contribution is 5.70. The lowest BCUT2D eigenvalue weighted by Crippen LogP contribution is -2.55. The van der Waals surface area contributed by atoms with Gasteiger partial charge in [0, 0.05) is 19.3 Å². The monoisotopic (exact) mass is 802 g/mol. The number of carbonyl (C=O) groups excluding carboxylic acids is 3. The van der Waals surface area contributed by atoms with Gasteiger partial charge in [0.2, 0.25) is 0 Å². The number of likely N-dealkylation sites (N-methyl/N-ethyl adjacent to an activating group) is 1. The lowest BCUT2D eigenvalue weighted by molar-refractivity contribution is -0.889. The molecule has 0 saturated heterocycles. The standard InChI is InChI=1S/C49H87NO7/c1-6-8-10-12-14-16-18-20-22-23-24-25-26-28-30-32-34-36-38-40-48(52)57-45(43-55-42-41-46(49(53)54)50(3,4)5)44-56-47(51)39-37-35-33-31-29-27-21-19-17-15-13-11-9-7-2/h14,16,19-22,24-25,45-46H,6-13,15,17-18,23,26-44H2,1-5H3/b16-14-,21-19-,22-20-,25-24-. The second-order valence-corrected chi connectivity index (χ2v) is 16.6. The van der Waals surface area contributed by atoms with Gasteiger partial charge >= 0.3 is 11.9 Å². The van der Waals surface area contributed by atoms with Crippen molar-refractivity contribution in [3.8, 4) is 0 Å². The smallest absolute Gasteiger partial charge is 0.306 e. The maximum Gasteiger partial charge on any atom is 0.306 e. The highest BCUT2D eigenvalue weighted by Gasteiger charge is 2.25. The first-order valence-corrected chi connectivity index (χ1v) is 23.2. The maximum absolute atomic E-state index is 12.7. The van der Waals surface area contributed by atoms with Gasteiger partial charge in [-0.25, -0.2) is 0 Å². The van der Waals surface area contributed by atoms with Crippen molar-refractivity contribution in [2.75, 3.05) is 41.0 Å². The summed E-state index contributed by atoms with van der Waals surface area (Å²) in [5.74, 6) is -1.76. The van der Waals surface area contributed by atoms with Gasteiger partial charge in [-0.05, 0) is 77.0 Å². The Morgan fingerprint density at radius 3 is 1.42 bits per heavy atom. The molecule has 0 aromatic heterocycles. The van der Waals surface area contributed by atoms with Gasteiger partial charge in [0.1, 0.15) is 12.6 Å². The number of carboxylic acids is 1. The molecule has 0 saturated carbocycles. The van der Waals surface area contributed by atoms with Crippen LogP contribution in [0.15, 0.2) is 48.6 Å². The molecular formula is C49H87NO7. The number of aliphatic carboxylic acids is 1. The molecule has 0 N–H and O–H groups in total. The third-order valence-electron chi connectivity index (χ3n) is 10.2. The Labute approximate surface area is 350 Å². The Morgan fingerprint density at radius 2 is 0.930 bits per heavy atom. The molecule has 57 heavy (non-hydrogen) atoms. The van der Waals surface area contributed by atoms with Crippen molar-refractivity contribution in [2.24, 2.45) is 0 Å². The van der Waals surface area contributed by atoms with Crippen molar-refractivity contribution < 1.29 is 38.2 Å². The fraction of sp³-hybridized carbons (Fsp3) is 0.776. The summed E-state index contributed by atoms with van der Waals surface area (Å²) in [6, 6.07) is -0.730. The van der Waals surface area contributed by atoms with E-state index in [4.69, 9.17) is 14.2 Å². The third kappa shape index (κ3) is 38.6. The van der Waals surface area contributed by atoms with Gasteiger partial charge in [0.15, 0.2) is 6.10 Å². The Balaban J connectivity index is 4.36. The zero-order chi connectivity index (χ0) is 42.1. The van der Waals surface area contributed by atoms with Crippen LogP contribution in [0.2, 0.25) is 0 Å². The number of carboxylic acid groups (broad SMARTS) is 1. The summed E-state index contributed by atoms with van der Waals surface area (Å²) in [5, 5.41) is 11.6. The van der Waals surface area contributed by atoms with Gasteiger partial charge in [0.25, 0.3) is 0 Å². The van der Waals surface area contributed by atoms with Crippen LogP contribution < -0.4 is 5.11 Å². The van der Waals surface area contributed by atoms with Gasteiger partial charge in [-0.3, -0.25) is 9.59 Å². The highest BCUT2D eigenvalue weighted by Crippen LogP contribution is 2.13. The summed E-state index contributed by atoms with van der Waals surface area (Å²) in [4.78, 5) is 36.9. The van der Waals surface area contributed by atoms with Crippen molar-refractivity contribution in [1.82, 2.24) is 0 Å². The largest absolute Gasteiger partial charge is 0.544 e. The van der Waals surface area contributed by atoms with Gasteiger partial charge in [-0.1, -0.05) is 146 Å². The molecule has 0 aromatic rings. The normalized spacial score (nSPS) is 13.4. The fourth-order valence-electron chi connectivity index (χ4n) is 6.54. The number of hydrogen-bond donors (Lipinski definition) is 0. The van der Waals surface area contributed by atoms with Gasteiger partial charge in [0.05, 0.1) is 40.3 Å². The summed E-state index contributed by atoms with van der Waals surface area (Å²) >= 11 is 0. The molecule has 0 aromatic carbocycles. The zero-order valence-electron chi connectivity index (χ0n) is 37.5. The Kier molecular flexibility index (Phi) is 38.2. The molecule has 0 aliphatic heterocycles. The minimum atomic E-state index is -1.13. The molecule has 0 amide bonds. The van der Waals surface area contributed by atoms with Gasteiger partial charge < -0.3 is 28.6 Å². The van der Waals surface area contributed by atoms with Crippen molar-refractivity contribution in [1.29, 1.82) is 0 Å². The molecule has 2 atom stereocenters. The van der Waals surface area contributed by atoms with Crippen molar-refractivity contribution in [2.45, 2.75) is 206 Å². The van der Waals surface area contributed by atoms with E-state index in [1.165, 1.54) is 83.5 Å². The minimum absolute atomic E-state index is 0.0322. The van der Waals surface area contributed by atoms with Gasteiger partial charge in [-0.15, -0.1) is 0 Å². The first kappa shape index (κ1) is 54.3. The predicted molar refractivity (Wildman–Crippen MR) is 236 cm³/mol. The zero-order valence-corrected chi connectivity index (χ0v) is 37.5. The molecule has 0 bridgehead atoms. The second kappa shape index (κ2) is 40.1. The summed E-state index contributed by atoms with van der Waals surface area (Å²) in [6.45, 7) is 4.60. The predicted octanol–water partition coefficient (Wildman–Crippen LogP) is 11.5. The third-order valence-corrected chi connectivity index (χ3v) is 10.2. The fourth-order valence-corrected chi connectivity index (χ4v) is 6.54. The second-order valence-electron chi connectivity index (χ2n) is 16.6. The van der Waals surface area contributed by atoms with Crippen LogP contribution >= 0.6 is 0 Å². The lowest BCUT2D eigenvalue weighted by Gasteiger charge is -2.34. The molecule has 0 fully saturated rings. The van der Waals surface area contributed by atoms with E-state index in [1.807, 2.05) is 0 Å². The molecule has 2 unspecified atom stereocenters. The average Bonchev–Trinajstić information content (AvgIpc) is 3.17. The van der Waals surface area contributed by atoms with E-state index in [1.54, 1.807) is 21.1 Å². The Morgan fingerprint density at radius 1 is 0.526 bits per heavy atom. The number of esters is 2. The van der Waals surface area contributed by atoms with E-state index in [0.29, 0.717) is 12.8 Å².